The Morgan fingerprint density at radius 2 is 2.40 bits per heavy atom. The fourth-order valence-electron chi connectivity index (χ4n) is 4.30. The normalized spacial score (nSPS) is 31.9. The average molecular weight is 293 g/mol. The minimum Gasteiger partial charge on any atom is -0.329 e. The molecule has 2 fully saturated rings. The number of rotatable bonds is 5. The van der Waals surface area contributed by atoms with E-state index in [1.54, 1.807) is 0 Å². The molecule has 20 heavy (non-hydrogen) atoms. The van der Waals surface area contributed by atoms with Crippen molar-refractivity contribution < 1.29 is 0 Å². The first-order valence-corrected chi connectivity index (χ1v) is 8.75. The van der Waals surface area contributed by atoms with Crippen LogP contribution in [0.4, 0.5) is 0 Å². The maximum absolute atomic E-state index is 6.27. The molecule has 1 aromatic rings. The Balaban J connectivity index is 1.75. The number of thiophene rings is 1. The van der Waals surface area contributed by atoms with E-state index >= 15 is 0 Å². The van der Waals surface area contributed by atoms with Crippen LogP contribution in [0.5, 0.6) is 0 Å². The maximum Gasteiger partial charge on any atom is 0.0498 e. The molecular formula is C16H27N3S. The van der Waals surface area contributed by atoms with Gasteiger partial charge in [0.2, 0.25) is 0 Å². The lowest BCUT2D eigenvalue weighted by atomic mass is 9.85. The first-order valence-electron chi connectivity index (χ1n) is 7.87. The summed E-state index contributed by atoms with van der Waals surface area (Å²) in [4.78, 5) is 6.75. The molecule has 0 spiro atoms. The largest absolute Gasteiger partial charge is 0.329 e. The summed E-state index contributed by atoms with van der Waals surface area (Å²) in [6.45, 7) is 5.66. The third-order valence-electron chi connectivity index (χ3n) is 5.61. The molecule has 112 valence electrons. The summed E-state index contributed by atoms with van der Waals surface area (Å²) in [5.74, 6) is 0. The highest BCUT2D eigenvalue weighted by molar-refractivity contribution is 7.09. The van der Waals surface area contributed by atoms with E-state index in [1.165, 1.54) is 37.2 Å². The van der Waals surface area contributed by atoms with Crippen molar-refractivity contribution in [3.05, 3.63) is 22.4 Å². The Morgan fingerprint density at radius 3 is 3.10 bits per heavy atom. The molecule has 3 unspecified atom stereocenters. The van der Waals surface area contributed by atoms with Gasteiger partial charge >= 0.3 is 0 Å². The summed E-state index contributed by atoms with van der Waals surface area (Å²) in [6, 6.07) is 5.64. The zero-order chi connectivity index (χ0) is 14.2. The lowest BCUT2D eigenvalue weighted by molar-refractivity contribution is 0.0578. The Hall–Kier alpha value is -0.420. The van der Waals surface area contributed by atoms with Crippen molar-refractivity contribution in [2.24, 2.45) is 5.73 Å². The molecule has 3 heterocycles. The molecule has 3 nitrogen and oxygen atoms in total. The highest BCUT2D eigenvalue weighted by Gasteiger charge is 2.51. The molecule has 2 aliphatic heterocycles. The van der Waals surface area contributed by atoms with Gasteiger partial charge in [-0.25, -0.2) is 0 Å². The summed E-state index contributed by atoms with van der Waals surface area (Å²) in [5.41, 5.74) is 6.47. The average Bonchev–Trinajstić information content (AvgIpc) is 3.15. The van der Waals surface area contributed by atoms with Crippen LogP contribution < -0.4 is 5.73 Å². The summed E-state index contributed by atoms with van der Waals surface area (Å²) in [5, 5.41) is 2.18. The SMILES string of the molecule is CC(Cc1cccs1)N(C)C1(CN)CCN2CCCC21. The van der Waals surface area contributed by atoms with E-state index < -0.39 is 0 Å². The fraction of sp³-hybridized carbons (Fsp3) is 0.750. The van der Waals surface area contributed by atoms with Gasteiger partial charge in [0, 0.05) is 35.6 Å². The van der Waals surface area contributed by atoms with Crippen LogP contribution in [0.3, 0.4) is 0 Å². The highest BCUT2D eigenvalue weighted by atomic mass is 32.1. The molecule has 0 bridgehead atoms. The first kappa shape index (κ1) is 14.5. The quantitative estimate of drug-likeness (QED) is 0.903. The minimum absolute atomic E-state index is 0.202. The van der Waals surface area contributed by atoms with Crippen molar-refractivity contribution in [2.45, 2.75) is 50.2 Å². The van der Waals surface area contributed by atoms with E-state index in [1.807, 2.05) is 11.3 Å². The minimum atomic E-state index is 0.202. The zero-order valence-corrected chi connectivity index (χ0v) is 13.5. The zero-order valence-electron chi connectivity index (χ0n) is 12.7. The van der Waals surface area contributed by atoms with E-state index in [0.29, 0.717) is 12.1 Å². The van der Waals surface area contributed by atoms with Crippen LogP contribution in [0.2, 0.25) is 0 Å². The molecule has 1 aromatic heterocycles. The highest BCUT2D eigenvalue weighted by Crippen LogP contribution is 2.40. The Kier molecular flexibility index (Phi) is 4.18. The molecule has 0 saturated carbocycles. The van der Waals surface area contributed by atoms with Gasteiger partial charge in [0.05, 0.1) is 0 Å². The second kappa shape index (κ2) is 5.76. The first-order chi connectivity index (χ1) is 9.67. The van der Waals surface area contributed by atoms with Crippen LogP contribution in [0, 0.1) is 0 Å². The third kappa shape index (κ3) is 2.33. The van der Waals surface area contributed by atoms with E-state index in [4.69, 9.17) is 5.73 Å². The number of fused-ring (bicyclic) bond motifs is 1. The predicted octanol–water partition coefficient (Wildman–Crippen LogP) is 2.18. The summed E-state index contributed by atoms with van der Waals surface area (Å²) in [6.07, 6.45) is 5.05. The number of nitrogens with zero attached hydrogens (tertiary/aromatic N) is 2. The number of likely N-dealkylation sites (N-methyl/N-ethyl adjacent to an activating group) is 1. The Labute approximate surface area is 126 Å². The molecule has 0 radical (unpaired) electrons. The number of hydrogen-bond donors (Lipinski definition) is 1. The van der Waals surface area contributed by atoms with E-state index in [9.17, 15) is 0 Å². The number of hydrogen-bond acceptors (Lipinski definition) is 4. The molecule has 4 heteroatoms. The van der Waals surface area contributed by atoms with Gasteiger partial charge in [-0.3, -0.25) is 9.80 Å². The lowest BCUT2D eigenvalue weighted by Gasteiger charge is -2.45. The van der Waals surface area contributed by atoms with Crippen LogP contribution >= 0.6 is 11.3 Å². The van der Waals surface area contributed by atoms with Crippen LogP contribution in [0.25, 0.3) is 0 Å². The van der Waals surface area contributed by atoms with Gasteiger partial charge in [-0.15, -0.1) is 11.3 Å². The van der Waals surface area contributed by atoms with Crippen molar-refractivity contribution >= 4 is 11.3 Å². The summed E-state index contributed by atoms with van der Waals surface area (Å²) < 4.78 is 0. The van der Waals surface area contributed by atoms with Crippen LogP contribution in [-0.4, -0.2) is 54.1 Å². The van der Waals surface area contributed by atoms with Crippen molar-refractivity contribution in [1.82, 2.24) is 9.80 Å². The fourth-order valence-corrected chi connectivity index (χ4v) is 5.12. The van der Waals surface area contributed by atoms with E-state index in [-0.39, 0.29) is 5.54 Å². The van der Waals surface area contributed by atoms with Crippen LogP contribution in [0.15, 0.2) is 17.5 Å². The second-order valence-electron chi connectivity index (χ2n) is 6.50. The molecule has 3 rings (SSSR count). The second-order valence-corrected chi connectivity index (χ2v) is 7.53. The van der Waals surface area contributed by atoms with Gasteiger partial charge in [0.1, 0.15) is 0 Å². The van der Waals surface area contributed by atoms with Crippen molar-refractivity contribution in [3.63, 3.8) is 0 Å². The van der Waals surface area contributed by atoms with Gasteiger partial charge in [0.25, 0.3) is 0 Å². The molecule has 0 amide bonds. The van der Waals surface area contributed by atoms with Crippen LogP contribution in [0.1, 0.15) is 31.1 Å². The Bertz CT molecular complexity index is 433. The summed E-state index contributed by atoms with van der Waals surface area (Å²) >= 11 is 1.87. The Morgan fingerprint density at radius 1 is 1.55 bits per heavy atom. The van der Waals surface area contributed by atoms with Gasteiger partial charge in [0.15, 0.2) is 0 Å². The van der Waals surface area contributed by atoms with E-state index in [0.717, 1.165) is 13.0 Å². The monoisotopic (exact) mass is 293 g/mol. The third-order valence-corrected chi connectivity index (χ3v) is 6.51. The molecule has 0 aromatic carbocycles. The van der Waals surface area contributed by atoms with E-state index in [2.05, 4.69) is 41.3 Å². The molecule has 2 saturated heterocycles. The van der Waals surface area contributed by atoms with Gasteiger partial charge < -0.3 is 5.73 Å². The predicted molar refractivity (Wildman–Crippen MR) is 86.2 cm³/mol. The van der Waals surface area contributed by atoms with Gasteiger partial charge in [-0.05, 0) is 57.6 Å². The molecular weight excluding hydrogens is 266 g/mol. The number of nitrogens with two attached hydrogens (primary N) is 1. The van der Waals surface area contributed by atoms with Crippen molar-refractivity contribution in [3.8, 4) is 0 Å². The smallest absolute Gasteiger partial charge is 0.0498 e. The van der Waals surface area contributed by atoms with Gasteiger partial charge in [-0.1, -0.05) is 6.07 Å². The topological polar surface area (TPSA) is 32.5 Å². The molecule has 0 aliphatic carbocycles. The maximum atomic E-state index is 6.27. The summed E-state index contributed by atoms with van der Waals surface area (Å²) in [7, 11) is 2.30. The lowest BCUT2D eigenvalue weighted by Crippen LogP contribution is -2.61. The van der Waals surface area contributed by atoms with Gasteiger partial charge in [-0.2, -0.15) is 0 Å². The standard InChI is InChI=1S/C16H27N3S/c1-13(11-14-5-4-10-20-14)18(2)16(12-17)7-9-19-8-3-6-15(16)19/h4-5,10,13,15H,3,6-9,11-12,17H2,1-2H3. The van der Waals surface area contributed by atoms with Crippen LogP contribution in [-0.2, 0) is 6.42 Å². The molecule has 3 atom stereocenters. The van der Waals surface area contributed by atoms with Crippen molar-refractivity contribution in [2.75, 3.05) is 26.7 Å². The molecule has 2 aliphatic rings. The van der Waals surface area contributed by atoms with Crippen molar-refractivity contribution in [1.29, 1.82) is 0 Å². The molecule has 2 N–H and O–H groups in total.